The standard InChI is InChI=1S/C17H21FN4O3S2.C6H5F.H2/c18-10-12-3-6-22(7-4-12)15-5-8-25-16-9-13(1-2-14(15)16)27(23,24)21-17-19-11-20-26-17;7-6-4-2-1-3-5-6;/h1-2,9,11-12,15H,3-8,10H2,(H,19,20,21);1-5H;1H/t15-;;/m0../s1. The molecule has 5 rings (SSSR count). The van der Waals surface area contributed by atoms with Crippen molar-refractivity contribution in [3.63, 3.8) is 0 Å². The maximum atomic E-state index is 12.9. The number of nitrogens with zero attached hydrogens (tertiary/aromatic N) is 3. The third kappa shape index (κ3) is 6.08. The second kappa shape index (κ2) is 11.2. The summed E-state index contributed by atoms with van der Waals surface area (Å²) in [5.74, 6) is 0.584. The van der Waals surface area contributed by atoms with Crippen LogP contribution in [-0.4, -0.2) is 49.0 Å². The van der Waals surface area contributed by atoms with Crippen molar-refractivity contribution < 1.29 is 23.4 Å². The van der Waals surface area contributed by atoms with Crippen molar-refractivity contribution in [3.8, 4) is 5.75 Å². The van der Waals surface area contributed by atoms with Crippen LogP contribution in [0.15, 0.2) is 59.8 Å². The zero-order valence-electron chi connectivity index (χ0n) is 18.4. The lowest BCUT2D eigenvalue weighted by molar-refractivity contribution is 0.0920. The molecule has 184 valence electrons. The van der Waals surface area contributed by atoms with E-state index in [1.807, 2.05) is 6.07 Å². The van der Waals surface area contributed by atoms with Gasteiger partial charge >= 0.3 is 0 Å². The summed E-state index contributed by atoms with van der Waals surface area (Å²) in [6.07, 6.45) is 3.88. The summed E-state index contributed by atoms with van der Waals surface area (Å²) in [4.78, 5) is 6.35. The monoisotopic (exact) mass is 510 g/mol. The van der Waals surface area contributed by atoms with Crippen LogP contribution in [0.2, 0.25) is 0 Å². The number of sulfonamides is 1. The van der Waals surface area contributed by atoms with Gasteiger partial charge in [0.15, 0.2) is 0 Å². The lowest BCUT2D eigenvalue weighted by Crippen LogP contribution is -2.39. The Bertz CT molecular complexity index is 1160. The van der Waals surface area contributed by atoms with Crippen molar-refractivity contribution in [2.75, 3.05) is 31.1 Å². The summed E-state index contributed by atoms with van der Waals surface area (Å²) in [5, 5.41) is 0.224. The summed E-state index contributed by atoms with van der Waals surface area (Å²) < 4.78 is 61.9. The molecule has 2 aliphatic heterocycles. The summed E-state index contributed by atoms with van der Waals surface area (Å²) in [6.45, 7) is 2.00. The number of hydrogen-bond acceptors (Lipinski definition) is 7. The topological polar surface area (TPSA) is 84.4 Å². The van der Waals surface area contributed by atoms with E-state index >= 15 is 0 Å². The van der Waals surface area contributed by atoms with Crippen LogP contribution in [0.1, 0.15) is 32.3 Å². The third-order valence-corrected chi connectivity index (χ3v) is 7.97. The quantitative estimate of drug-likeness (QED) is 0.525. The number of piperidine rings is 1. The Morgan fingerprint density at radius 2 is 1.91 bits per heavy atom. The van der Waals surface area contributed by atoms with E-state index in [0.717, 1.165) is 49.4 Å². The highest BCUT2D eigenvalue weighted by Crippen LogP contribution is 2.39. The first-order valence-electron chi connectivity index (χ1n) is 11.0. The Labute approximate surface area is 203 Å². The van der Waals surface area contributed by atoms with Gasteiger partial charge in [0.1, 0.15) is 17.9 Å². The molecule has 7 nitrogen and oxygen atoms in total. The Hall–Kier alpha value is -2.63. The average molecular weight is 511 g/mol. The van der Waals surface area contributed by atoms with Crippen LogP contribution in [0.5, 0.6) is 5.75 Å². The molecule has 0 amide bonds. The summed E-state index contributed by atoms with van der Waals surface area (Å²) in [7, 11) is -3.75. The Kier molecular flexibility index (Phi) is 8.07. The van der Waals surface area contributed by atoms with E-state index in [4.69, 9.17) is 4.74 Å². The van der Waals surface area contributed by atoms with E-state index in [9.17, 15) is 17.2 Å². The number of alkyl halides is 1. The highest BCUT2D eigenvalue weighted by atomic mass is 32.2. The van der Waals surface area contributed by atoms with Crippen LogP contribution >= 0.6 is 11.5 Å². The number of benzene rings is 2. The normalized spacial score (nSPS) is 18.8. The number of hydrogen-bond donors (Lipinski definition) is 1. The molecule has 1 atom stereocenters. The molecule has 3 heterocycles. The fourth-order valence-corrected chi connectivity index (χ4v) is 5.80. The Balaban J connectivity index is 0.000000370. The Morgan fingerprint density at radius 1 is 1.15 bits per heavy atom. The predicted octanol–water partition coefficient (Wildman–Crippen LogP) is 4.92. The van der Waals surface area contributed by atoms with E-state index in [2.05, 4.69) is 19.0 Å². The van der Waals surface area contributed by atoms with Crippen molar-refractivity contribution >= 4 is 26.7 Å². The van der Waals surface area contributed by atoms with Crippen LogP contribution in [0.4, 0.5) is 13.9 Å². The number of fused-ring (bicyclic) bond motifs is 1. The zero-order valence-corrected chi connectivity index (χ0v) is 20.1. The van der Waals surface area contributed by atoms with Gasteiger partial charge in [-0.25, -0.2) is 17.8 Å². The molecular formula is C23H28F2N4O3S2. The van der Waals surface area contributed by atoms with E-state index in [1.54, 1.807) is 30.3 Å². The number of nitrogens with one attached hydrogen (secondary N) is 1. The van der Waals surface area contributed by atoms with E-state index < -0.39 is 10.0 Å². The summed E-state index contributed by atoms with van der Waals surface area (Å²) in [5.41, 5.74) is 0.995. The number of likely N-dealkylation sites (tertiary alicyclic amines) is 1. The molecule has 0 saturated carbocycles. The van der Waals surface area contributed by atoms with Crippen LogP contribution < -0.4 is 9.46 Å². The first-order valence-corrected chi connectivity index (χ1v) is 13.3. The van der Waals surface area contributed by atoms with Gasteiger partial charge in [0.05, 0.1) is 18.2 Å². The number of anilines is 1. The van der Waals surface area contributed by atoms with Gasteiger partial charge < -0.3 is 4.74 Å². The molecule has 0 unspecified atom stereocenters. The minimum atomic E-state index is -3.75. The van der Waals surface area contributed by atoms with Gasteiger partial charge in [-0.05, 0) is 50.0 Å². The minimum absolute atomic E-state index is 0. The molecule has 1 fully saturated rings. The van der Waals surface area contributed by atoms with Crippen LogP contribution in [0.25, 0.3) is 0 Å². The summed E-state index contributed by atoms with van der Waals surface area (Å²) in [6, 6.07) is 13.1. The highest BCUT2D eigenvalue weighted by Gasteiger charge is 2.31. The SMILES string of the molecule is Fc1ccccc1.O=S(=O)(Nc1ncns1)c1ccc2c(c1)OCC[C@@H]2N1CCC(CF)CC1.[HH]. The number of aromatic nitrogens is 2. The lowest BCUT2D eigenvalue weighted by atomic mass is 9.93. The van der Waals surface area contributed by atoms with Crippen LogP contribution in [0, 0.1) is 11.7 Å². The molecule has 1 N–H and O–H groups in total. The largest absolute Gasteiger partial charge is 0.493 e. The van der Waals surface area contributed by atoms with Gasteiger partial charge in [-0.15, -0.1) is 0 Å². The second-order valence-electron chi connectivity index (χ2n) is 8.13. The first-order chi connectivity index (χ1) is 16.5. The van der Waals surface area contributed by atoms with E-state index in [1.165, 1.54) is 18.5 Å². The fraction of sp³-hybridized carbons (Fsp3) is 0.391. The van der Waals surface area contributed by atoms with Crippen molar-refractivity contribution in [2.24, 2.45) is 5.92 Å². The highest BCUT2D eigenvalue weighted by molar-refractivity contribution is 7.93. The van der Waals surface area contributed by atoms with Crippen LogP contribution in [-0.2, 0) is 10.0 Å². The molecule has 1 aromatic heterocycles. The number of rotatable bonds is 5. The molecule has 0 aliphatic carbocycles. The molecule has 1 saturated heterocycles. The van der Waals surface area contributed by atoms with E-state index in [0.29, 0.717) is 12.4 Å². The molecule has 3 aromatic rings. The molecular weight excluding hydrogens is 482 g/mol. The Morgan fingerprint density at radius 3 is 2.53 bits per heavy atom. The van der Waals surface area contributed by atoms with Gasteiger partial charge in [-0.2, -0.15) is 4.37 Å². The van der Waals surface area contributed by atoms with Crippen molar-refractivity contribution in [1.82, 2.24) is 14.3 Å². The smallest absolute Gasteiger partial charge is 0.263 e. The first kappa shape index (κ1) is 24.5. The lowest BCUT2D eigenvalue weighted by Gasteiger charge is -2.39. The molecule has 2 aliphatic rings. The molecule has 11 heteroatoms. The van der Waals surface area contributed by atoms with Crippen molar-refractivity contribution in [1.29, 1.82) is 0 Å². The fourth-order valence-electron chi connectivity index (χ4n) is 4.12. The second-order valence-corrected chi connectivity index (χ2v) is 10.6. The van der Waals surface area contributed by atoms with Crippen molar-refractivity contribution in [2.45, 2.75) is 30.2 Å². The van der Waals surface area contributed by atoms with E-state index in [-0.39, 0.29) is 35.9 Å². The number of ether oxygens (including phenoxy) is 1. The molecule has 34 heavy (non-hydrogen) atoms. The van der Waals surface area contributed by atoms with Gasteiger partial charge in [0.25, 0.3) is 10.0 Å². The molecule has 0 spiro atoms. The van der Waals surface area contributed by atoms with Gasteiger partial charge in [-0.1, -0.05) is 24.3 Å². The maximum absolute atomic E-state index is 12.9. The molecule has 0 bridgehead atoms. The van der Waals surface area contributed by atoms with Gasteiger partial charge in [0, 0.05) is 37.1 Å². The number of halogens is 2. The molecule has 0 radical (unpaired) electrons. The average Bonchev–Trinajstić information content (AvgIpc) is 3.36. The minimum Gasteiger partial charge on any atom is -0.493 e. The van der Waals surface area contributed by atoms with Crippen molar-refractivity contribution in [3.05, 3.63) is 66.2 Å². The predicted molar refractivity (Wildman–Crippen MR) is 129 cm³/mol. The zero-order chi connectivity index (χ0) is 24.0. The maximum Gasteiger partial charge on any atom is 0.263 e. The van der Waals surface area contributed by atoms with Gasteiger partial charge in [-0.3, -0.25) is 14.0 Å². The summed E-state index contributed by atoms with van der Waals surface area (Å²) >= 11 is 0.978. The third-order valence-electron chi connectivity index (χ3n) is 5.93. The molecule has 2 aromatic carbocycles. The van der Waals surface area contributed by atoms with Gasteiger partial charge in [0.2, 0.25) is 5.13 Å². The van der Waals surface area contributed by atoms with Crippen LogP contribution in [0.3, 0.4) is 0 Å².